The Balaban J connectivity index is 1.63. The number of hydrogen-bond acceptors (Lipinski definition) is 6. The molecule has 0 saturated heterocycles. The number of nitrogens with one attached hydrogen (secondary N) is 1. The average Bonchev–Trinajstić information content (AvgIpc) is 3.28. The van der Waals surface area contributed by atoms with Crippen molar-refractivity contribution >= 4 is 34.4 Å². The van der Waals surface area contributed by atoms with Gasteiger partial charge in [0.1, 0.15) is 0 Å². The van der Waals surface area contributed by atoms with Gasteiger partial charge in [0, 0.05) is 29.8 Å². The summed E-state index contributed by atoms with van der Waals surface area (Å²) in [5.74, 6) is -1.18. The van der Waals surface area contributed by atoms with Gasteiger partial charge in [0.2, 0.25) is 11.7 Å². The maximum absolute atomic E-state index is 13.3. The van der Waals surface area contributed by atoms with Crippen molar-refractivity contribution in [1.82, 2.24) is 14.8 Å². The summed E-state index contributed by atoms with van der Waals surface area (Å²) in [6.45, 7) is 6.92. The first kappa shape index (κ1) is 23.8. The molecule has 8 heteroatoms. The molecule has 0 spiro atoms. The van der Waals surface area contributed by atoms with E-state index in [2.05, 4.69) is 10.4 Å². The highest BCUT2D eigenvalue weighted by molar-refractivity contribution is 6.06. The van der Waals surface area contributed by atoms with Crippen molar-refractivity contribution in [2.24, 2.45) is 0 Å². The Bertz CT molecular complexity index is 1390. The number of ketones is 1. The van der Waals surface area contributed by atoms with Gasteiger partial charge in [-0.05, 0) is 51.1 Å². The van der Waals surface area contributed by atoms with E-state index >= 15 is 0 Å². The number of carbonyl (C=O) groups excluding carboxylic acids is 3. The minimum atomic E-state index is -1.02. The van der Waals surface area contributed by atoms with E-state index in [0.717, 1.165) is 5.56 Å². The van der Waals surface area contributed by atoms with Crippen LogP contribution in [0.25, 0.3) is 22.3 Å². The lowest BCUT2D eigenvalue weighted by Gasteiger charge is -2.14. The van der Waals surface area contributed by atoms with Gasteiger partial charge in [-0.15, -0.1) is 0 Å². The Morgan fingerprint density at radius 2 is 1.66 bits per heavy atom. The number of carbonyl (C=O) groups is 3. The Morgan fingerprint density at radius 1 is 0.971 bits per heavy atom. The summed E-state index contributed by atoms with van der Waals surface area (Å²) < 4.78 is 7.35. The summed E-state index contributed by atoms with van der Waals surface area (Å²) in [6, 6.07) is 17.7. The molecule has 1 N–H and O–H groups in total. The van der Waals surface area contributed by atoms with Crippen LogP contribution in [0.4, 0.5) is 5.69 Å². The van der Waals surface area contributed by atoms with E-state index in [1.165, 1.54) is 13.8 Å². The molecule has 1 unspecified atom stereocenters. The van der Waals surface area contributed by atoms with E-state index in [1.807, 2.05) is 44.2 Å². The second-order valence-corrected chi connectivity index (χ2v) is 8.51. The number of amides is 1. The van der Waals surface area contributed by atoms with Gasteiger partial charge in [0.15, 0.2) is 11.8 Å². The lowest BCUT2D eigenvalue weighted by molar-refractivity contribution is -0.114. The summed E-state index contributed by atoms with van der Waals surface area (Å²) in [7, 11) is 0. The number of fused-ring (bicyclic) bond motifs is 1. The third kappa shape index (κ3) is 5.11. The lowest BCUT2D eigenvalue weighted by atomic mass is 10.1. The smallest absolute Gasteiger partial charge is 0.339 e. The third-order valence-corrected chi connectivity index (χ3v) is 5.49. The Morgan fingerprint density at radius 3 is 2.29 bits per heavy atom. The van der Waals surface area contributed by atoms with Crippen molar-refractivity contribution in [3.63, 3.8) is 0 Å². The molecule has 0 aliphatic rings. The molecule has 0 aliphatic carbocycles. The van der Waals surface area contributed by atoms with Gasteiger partial charge in [-0.2, -0.15) is 5.10 Å². The molecule has 1 amide bonds. The maximum Gasteiger partial charge on any atom is 0.339 e. The molecule has 0 fully saturated rings. The van der Waals surface area contributed by atoms with Crippen LogP contribution in [0.3, 0.4) is 0 Å². The Labute approximate surface area is 202 Å². The Kier molecular flexibility index (Phi) is 6.73. The van der Waals surface area contributed by atoms with Crippen LogP contribution < -0.4 is 5.32 Å². The molecule has 178 valence electrons. The molecule has 0 aliphatic heterocycles. The van der Waals surface area contributed by atoms with E-state index < -0.39 is 12.1 Å². The van der Waals surface area contributed by atoms with E-state index in [-0.39, 0.29) is 17.7 Å². The van der Waals surface area contributed by atoms with Crippen LogP contribution in [0, 0.1) is 0 Å². The number of esters is 1. The van der Waals surface area contributed by atoms with E-state index in [1.54, 1.807) is 41.2 Å². The molecule has 2 aromatic carbocycles. The molecular formula is C27H26N4O4. The topological polar surface area (TPSA) is 103 Å². The zero-order chi connectivity index (χ0) is 25.1. The first-order chi connectivity index (χ1) is 16.7. The van der Waals surface area contributed by atoms with Gasteiger partial charge in [0.05, 0.1) is 22.8 Å². The number of aromatic nitrogens is 3. The van der Waals surface area contributed by atoms with Crippen LogP contribution in [-0.2, 0) is 9.53 Å². The summed E-state index contributed by atoms with van der Waals surface area (Å²) in [6.07, 6.45) is 0.582. The summed E-state index contributed by atoms with van der Waals surface area (Å²) >= 11 is 0. The monoisotopic (exact) mass is 470 g/mol. The SMILES string of the molecule is CC(=O)Nc1ccc(C(=O)C(C)OC(=O)c2cc(-c3ccccc3)nc3c2cnn3C(C)C)cc1. The van der Waals surface area contributed by atoms with Crippen LogP contribution in [0.15, 0.2) is 66.9 Å². The summed E-state index contributed by atoms with van der Waals surface area (Å²) in [4.78, 5) is 42.1. The Hall–Kier alpha value is -4.33. The highest BCUT2D eigenvalue weighted by Crippen LogP contribution is 2.27. The van der Waals surface area contributed by atoms with Crippen molar-refractivity contribution in [1.29, 1.82) is 0 Å². The molecule has 8 nitrogen and oxygen atoms in total. The fraction of sp³-hybridized carbons (Fsp3) is 0.222. The average molecular weight is 471 g/mol. The van der Waals surface area contributed by atoms with E-state index in [9.17, 15) is 14.4 Å². The van der Waals surface area contributed by atoms with Gasteiger partial charge < -0.3 is 10.1 Å². The number of Topliss-reactive ketones (excluding diaryl/α,β-unsaturated/α-hetero) is 1. The predicted octanol–water partition coefficient (Wildman–Crippen LogP) is 5.07. The predicted molar refractivity (Wildman–Crippen MR) is 133 cm³/mol. The quantitative estimate of drug-likeness (QED) is 0.299. The molecule has 0 radical (unpaired) electrons. The van der Waals surface area contributed by atoms with Crippen molar-refractivity contribution in [3.8, 4) is 11.3 Å². The zero-order valence-electron chi connectivity index (χ0n) is 20.0. The number of benzene rings is 2. The van der Waals surface area contributed by atoms with Crippen molar-refractivity contribution < 1.29 is 19.1 Å². The number of nitrogens with zero attached hydrogens (tertiary/aromatic N) is 3. The second-order valence-electron chi connectivity index (χ2n) is 8.51. The summed E-state index contributed by atoms with van der Waals surface area (Å²) in [5, 5.41) is 7.62. The molecule has 0 bridgehead atoms. The number of hydrogen-bond donors (Lipinski definition) is 1. The minimum Gasteiger partial charge on any atom is -0.451 e. The number of ether oxygens (including phenoxy) is 1. The van der Waals surface area contributed by atoms with Crippen LogP contribution in [0.2, 0.25) is 0 Å². The van der Waals surface area contributed by atoms with Crippen molar-refractivity contribution in [2.45, 2.75) is 39.8 Å². The normalized spacial score (nSPS) is 11.9. The minimum absolute atomic E-state index is 0.0378. The highest BCUT2D eigenvalue weighted by atomic mass is 16.5. The molecule has 0 saturated carbocycles. The largest absolute Gasteiger partial charge is 0.451 e. The third-order valence-electron chi connectivity index (χ3n) is 5.49. The summed E-state index contributed by atoms with van der Waals surface area (Å²) in [5.41, 5.74) is 3.27. The highest BCUT2D eigenvalue weighted by Gasteiger charge is 2.24. The fourth-order valence-electron chi connectivity index (χ4n) is 3.75. The first-order valence-electron chi connectivity index (χ1n) is 11.3. The van der Waals surface area contributed by atoms with Crippen LogP contribution >= 0.6 is 0 Å². The second kappa shape index (κ2) is 9.89. The van der Waals surface area contributed by atoms with Gasteiger partial charge >= 0.3 is 5.97 Å². The van der Waals surface area contributed by atoms with Gasteiger partial charge in [-0.25, -0.2) is 14.5 Å². The van der Waals surface area contributed by atoms with E-state index in [4.69, 9.17) is 9.72 Å². The lowest BCUT2D eigenvalue weighted by Crippen LogP contribution is -2.24. The molecule has 2 heterocycles. The van der Waals surface area contributed by atoms with Crippen molar-refractivity contribution in [3.05, 3.63) is 78.0 Å². The van der Waals surface area contributed by atoms with Gasteiger partial charge in [0.25, 0.3) is 0 Å². The molecule has 2 aromatic heterocycles. The number of anilines is 1. The zero-order valence-corrected chi connectivity index (χ0v) is 20.0. The van der Waals surface area contributed by atoms with Crippen LogP contribution in [-0.4, -0.2) is 38.5 Å². The first-order valence-corrected chi connectivity index (χ1v) is 11.3. The van der Waals surface area contributed by atoms with Crippen LogP contribution in [0.5, 0.6) is 0 Å². The number of pyridine rings is 1. The molecular weight excluding hydrogens is 444 g/mol. The number of rotatable bonds is 7. The van der Waals surface area contributed by atoms with Gasteiger partial charge in [-0.3, -0.25) is 9.59 Å². The fourth-order valence-corrected chi connectivity index (χ4v) is 3.75. The maximum atomic E-state index is 13.3. The standard InChI is InChI=1S/C27H26N4O4/c1-16(2)31-26-23(15-28-31)22(14-24(30-26)19-8-6-5-7-9-19)27(34)35-17(3)25(33)20-10-12-21(13-11-20)29-18(4)32/h5-17H,1-4H3,(H,29,32). The van der Waals surface area contributed by atoms with E-state index in [0.29, 0.717) is 33.5 Å². The van der Waals surface area contributed by atoms with Crippen LogP contribution in [0.1, 0.15) is 54.5 Å². The molecule has 4 aromatic rings. The van der Waals surface area contributed by atoms with Gasteiger partial charge in [-0.1, -0.05) is 30.3 Å². The molecule has 4 rings (SSSR count). The van der Waals surface area contributed by atoms with Crippen molar-refractivity contribution in [2.75, 3.05) is 5.32 Å². The molecule has 35 heavy (non-hydrogen) atoms. The molecule has 1 atom stereocenters.